The monoisotopic (exact) mass is 279 g/mol. The minimum atomic E-state index is -0.375. The van der Waals surface area contributed by atoms with Gasteiger partial charge in [0.1, 0.15) is 0 Å². The van der Waals surface area contributed by atoms with E-state index in [0.29, 0.717) is 0 Å². The second kappa shape index (κ2) is 5.41. The Balaban J connectivity index is 1.89. The fourth-order valence-electron chi connectivity index (χ4n) is 2.68. The molecule has 3 rings (SSSR count). The molecule has 2 aromatic rings. The number of nitriles is 1. The summed E-state index contributed by atoms with van der Waals surface area (Å²) in [5.74, 6) is 0. The van der Waals surface area contributed by atoms with Crippen LogP contribution in [0.5, 0.6) is 0 Å². The second-order valence-corrected chi connectivity index (χ2v) is 5.20. The molecule has 0 N–H and O–H groups in total. The Hall–Kier alpha value is -2.61. The van der Waals surface area contributed by atoms with Crippen molar-refractivity contribution in [1.29, 1.82) is 5.26 Å². The molecule has 0 aliphatic carbocycles. The lowest BCUT2D eigenvalue weighted by molar-refractivity contribution is 0.274. The van der Waals surface area contributed by atoms with Crippen LogP contribution < -0.4 is 0 Å². The first-order valence-electron chi connectivity index (χ1n) is 6.98. The molecule has 1 atom stereocenters. The summed E-state index contributed by atoms with van der Waals surface area (Å²) in [6.45, 7) is 2.69. The van der Waals surface area contributed by atoms with Gasteiger partial charge in [-0.05, 0) is 12.5 Å². The molecule has 2 heterocycles. The van der Waals surface area contributed by atoms with E-state index in [0.717, 1.165) is 35.5 Å². The highest BCUT2D eigenvalue weighted by molar-refractivity contribution is 6.01. The standard InChI is InChI=1S/C16H17N5/c1-12-14(11-20(2)18-12)16(10-17)21-9-8-15(19-21)13-6-4-3-5-7-13/h3-7,11,16H,8-9H2,1-2H3/t16-/m1/s1. The van der Waals surface area contributed by atoms with Gasteiger partial charge in [0.25, 0.3) is 0 Å². The van der Waals surface area contributed by atoms with E-state index in [1.165, 1.54) is 0 Å². The zero-order valence-electron chi connectivity index (χ0n) is 12.2. The zero-order valence-corrected chi connectivity index (χ0v) is 12.2. The van der Waals surface area contributed by atoms with Crippen molar-refractivity contribution < 1.29 is 0 Å². The lowest BCUT2D eigenvalue weighted by Gasteiger charge is -2.19. The minimum absolute atomic E-state index is 0.375. The van der Waals surface area contributed by atoms with E-state index < -0.39 is 0 Å². The molecule has 5 heteroatoms. The summed E-state index contributed by atoms with van der Waals surface area (Å²) in [6.07, 6.45) is 2.76. The number of aryl methyl sites for hydroxylation is 2. The Kier molecular flexibility index (Phi) is 3.44. The van der Waals surface area contributed by atoms with Crippen LogP contribution in [0, 0.1) is 18.3 Å². The molecule has 1 aromatic carbocycles. The second-order valence-electron chi connectivity index (χ2n) is 5.20. The number of nitrogens with zero attached hydrogens (tertiary/aromatic N) is 5. The number of hydrogen-bond donors (Lipinski definition) is 0. The molecular formula is C16H17N5. The highest BCUT2D eigenvalue weighted by Gasteiger charge is 2.27. The summed E-state index contributed by atoms with van der Waals surface area (Å²) >= 11 is 0. The molecule has 1 aliphatic heterocycles. The normalized spacial score (nSPS) is 15.7. The maximum atomic E-state index is 9.53. The first-order valence-corrected chi connectivity index (χ1v) is 6.98. The highest BCUT2D eigenvalue weighted by atomic mass is 15.5. The molecule has 0 amide bonds. The molecular weight excluding hydrogens is 262 g/mol. The van der Waals surface area contributed by atoms with E-state index in [2.05, 4.69) is 28.4 Å². The number of aromatic nitrogens is 2. The molecule has 0 unspecified atom stereocenters. The van der Waals surface area contributed by atoms with Crippen LogP contribution in [0.2, 0.25) is 0 Å². The van der Waals surface area contributed by atoms with Crippen molar-refractivity contribution in [1.82, 2.24) is 14.8 Å². The van der Waals surface area contributed by atoms with Crippen LogP contribution in [-0.4, -0.2) is 27.0 Å². The Labute approximate surface area is 124 Å². The third-order valence-electron chi connectivity index (χ3n) is 3.70. The molecule has 106 valence electrons. The third-order valence-corrected chi connectivity index (χ3v) is 3.70. The molecule has 5 nitrogen and oxygen atoms in total. The van der Waals surface area contributed by atoms with Crippen LogP contribution in [0.4, 0.5) is 0 Å². The summed E-state index contributed by atoms with van der Waals surface area (Å²) in [5.41, 5.74) is 3.97. The topological polar surface area (TPSA) is 57.2 Å². The molecule has 21 heavy (non-hydrogen) atoms. The number of hydrazone groups is 1. The Bertz CT molecular complexity index is 708. The fourth-order valence-corrected chi connectivity index (χ4v) is 2.68. The average Bonchev–Trinajstić information content (AvgIpc) is 3.09. The van der Waals surface area contributed by atoms with Gasteiger partial charge in [-0.2, -0.15) is 15.5 Å². The van der Waals surface area contributed by atoms with Gasteiger partial charge >= 0.3 is 0 Å². The minimum Gasteiger partial charge on any atom is -0.275 e. The van der Waals surface area contributed by atoms with Crippen molar-refractivity contribution in [2.24, 2.45) is 12.1 Å². The van der Waals surface area contributed by atoms with Gasteiger partial charge in [-0.25, -0.2) is 0 Å². The molecule has 0 fully saturated rings. The van der Waals surface area contributed by atoms with Gasteiger partial charge in [0.15, 0.2) is 6.04 Å². The van der Waals surface area contributed by atoms with Crippen LogP contribution in [0.15, 0.2) is 41.6 Å². The Morgan fingerprint density at radius 2 is 2.05 bits per heavy atom. The van der Waals surface area contributed by atoms with Crippen LogP contribution >= 0.6 is 0 Å². The smallest absolute Gasteiger partial charge is 0.161 e. The molecule has 0 spiro atoms. The Morgan fingerprint density at radius 3 is 2.67 bits per heavy atom. The van der Waals surface area contributed by atoms with Crippen LogP contribution in [0.25, 0.3) is 0 Å². The van der Waals surface area contributed by atoms with E-state index >= 15 is 0 Å². The van der Waals surface area contributed by atoms with Crippen molar-refractivity contribution >= 4 is 5.71 Å². The van der Waals surface area contributed by atoms with Gasteiger partial charge in [0.05, 0.1) is 17.5 Å². The van der Waals surface area contributed by atoms with E-state index in [4.69, 9.17) is 0 Å². The molecule has 0 bridgehead atoms. The number of benzene rings is 1. The maximum absolute atomic E-state index is 9.53. The van der Waals surface area contributed by atoms with Gasteiger partial charge < -0.3 is 0 Å². The summed E-state index contributed by atoms with van der Waals surface area (Å²) in [5, 5.41) is 20.4. The van der Waals surface area contributed by atoms with Crippen molar-refractivity contribution in [2.45, 2.75) is 19.4 Å². The predicted molar refractivity (Wildman–Crippen MR) is 80.6 cm³/mol. The number of hydrogen-bond acceptors (Lipinski definition) is 4. The van der Waals surface area contributed by atoms with E-state index in [1.54, 1.807) is 4.68 Å². The quantitative estimate of drug-likeness (QED) is 0.867. The van der Waals surface area contributed by atoms with Gasteiger partial charge in [0.2, 0.25) is 0 Å². The van der Waals surface area contributed by atoms with Crippen LogP contribution in [-0.2, 0) is 7.05 Å². The van der Waals surface area contributed by atoms with E-state index in [9.17, 15) is 5.26 Å². The lowest BCUT2D eigenvalue weighted by Crippen LogP contribution is -2.20. The molecule has 1 aromatic heterocycles. The largest absolute Gasteiger partial charge is 0.275 e. The zero-order chi connectivity index (χ0) is 14.8. The molecule has 0 saturated carbocycles. The number of rotatable bonds is 3. The predicted octanol–water partition coefficient (Wildman–Crippen LogP) is 2.40. The van der Waals surface area contributed by atoms with Gasteiger partial charge in [-0.1, -0.05) is 30.3 Å². The van der Waals surface area contributed by atoms with E-state index in [1.807, 2.05) is 43.4 Å². The third kappa shape index (κ3) is 2.52. The average molecular weight is 279 g/mol. The van der Waals surface area contributed by atoms with Crippen LogP contribution in [0.3, 0.4) is 0 Å². The maximum Gasteiger partial charge on any atom is 0.161 e. The first-order chi connectivity index (χ1) is 10.2. The van der Waals surface area contributed by atoms with Gasteiger partial charge in [-0.15, -0.1) is 0 Å². The summed E-state index contributed by atoms with van der Waals surface area (Å²) in [7, 11) is 1.87. The van der Waals surface area contributed by atoms with Gasteiger partial charge in [-0.3, -0.25) is 9.69 Å². The SMILES string of the molecule is Cc1nn(C)cc1[C@@H](C#N)N1CCC(c2ccccc2)=N1. The Morgan fingerprint density at radius 1 is 1.29 bits per heavy atom. The molecule has 1 aliphatic rings. The highest BCUT2D eigenvalue weighted by Crippen LogP contribution is 2.27. The molecule has 0 radical (unpaired) electrons. The summed E-state index contributed by atoms with van der Waals surface area (Å²) in [4.78, 5) is 0. The van der Waals surface area contributed by atoms with Crippen molar-refractivity contribution in [3.05, 3.63) is 53.3 Å². The first kappa shape index (κ1) is 13.4. The summed E-state index contributed by atoms with van der Waals surface area (Å²) in [6, 6.07) is 12.1. The van der Waals surface area contributed by atoms with Crippen molar-refractivity contribution in [3.63, 3.8) is 0 Å². The van der Waals surface area contributed by atoms with E-state index in [-0.39, 0.29) is 6.04 Å². The van der Waals surface area contributed by atoms with Crippen LogP contribution in [0.1, 0.15) is 29.3 Å². The van der Waals surface area contributed by atoms with Crippen molar-refractivity contribution in [3.8, 4) is 6.07 Å². The lowest BCUT2D eigenvalue weighted by atomic mass is 10.1. The summed E-state index contributed by atoms with van der Waals surface area (Å²) < 4.78 is 1.74. The van der Waals surface area contributed by atoms with Gasteiger partial charge in [0, 0.05) is 31.8 Å². The van der Waals surface area contributed by atoms with Crippen molar-refractivity contribution in [2.75, 3.05) is 6.54 Å². The fraction of sp³-hybridized carbons (Fsp3) is 0.312. The molecule has 0 saturated heterocycles.